The van der Waals surface area contributed by atoms with Crippen LogP contribution < -0.4 is 10.7 Å². The van der Waals surface area contributed by atoms with Crippen molar-refractivity contribution < 1.29 is 9.59 Å². The number of pyridine rings is 1. The molecule has 0 aliphatic carbocycles. The third kappa shape index (κ3) is 5.48. The van der Waals surface area contributed by atoms with E-state index in [-0.39, 0.29) is 24.7 Å². The van der Waals surface area contributed by atoms with Gasteiger partial charge >= 0.3 is 0 Å². The number of hydrogen-bond donors (Lipinski definition) is 2. The monoisotopic (exact) mass is 344 g/mol. The van der Waals surface area contributed by atoms with Crippen LogP contribution in [0, 0.1) is 6.92 Å². The summed E-state index contributed by atoms with van der Waals surface area (Å²) in [5, 5.41) is 7.13. The third-order valence-electron chi connectivity index (χ3n) is 3.21. The summed E-state index contributed by atoms with van der Waals surface area (Å²) in [5.41, 5.74) is 4.57. The zero-order valence-corrected chi connectivity index (χ0v) is 13.9. The fourth-order valence-electron chi connectivity index (χ4n) is 1.87. The van der Waals surface area contributed by atoms with Crippen molar-refractivity contribution >= 4 is 35.3 Å². The topological polar surface area (TPSA) is 83.5 Å². The van der Waals surface area contributed by atoms with Gasteiger partial charge in [0, 0.05) is 41.5 Å². The predicted molar refractivity (Wildman–Crippen MR) is 94.0 cm³/mol. The summed E-state index contributed by atoms with van der Waals surface area (Å²) in [4.78, 5) is 27.5. The molecule has 2 amide bonds. The molecule has 0 saturated carbocycles. The van der Waals surface area contributed by atoms with Crippen LogP contribution in [0.25, 0.3) is 0 Å². The number of carbonyl (C=O) groups excluding carboxylic acids is 2. The Hall–Kier alpha value is -2.73. The molecule has 124 valence electrons. The van der Waals surface area contributed by atoms with E-state index in [4.69, 9.17) is 11.6 Å². The second kappa shape index (κ2) is 8.79. The van der Waals surface area contributed by atoms with Crippen molar-refractivity contribution in [2.45, 2.75) is 19.8 Å². The highest BCUT2D eigenvalue weighted by Gasteiger charge is 2.09. The number of carbonyl (C=O) groups is 2. The number of nitrogens with one attached hydrogen (secondary N) is 2. The van der Waals surface area contributed by atoms with E-state index in [1.165, 1.54) is 6.21 Å². The van der Waals surface area contributed by atoms with Crippen LogP contribution in [0.15, 0.2) is 47.8 Å². The molecule has 0 aliphatic heterocycles. The molecule has 24 heavy (non-hydrogen) atoms. The Bertz CT molecular complexity index is 748. The third-order valence-corrected chi connectivity index (χ3v) is 3.62. The van der Waals surface area contributed by atoms with Crippen molar-refractivity contribution in [3.05, 3.63) is 58.9 Å². The predicted octanol–water partition coefficient (Wildman–Crippen LogP) is 2.91. The van der Waals surface area contributed by atoms with E-state index in [2.05, 4.69) is 20.8 Å². The molecule has 0 atom stereocenters. The van der Waals surface area contributed by atoms with Gasteiger partial charge in [-0.3, -0.25) is 14.6 Å². The van der Waals surface area contributed by atoms with E-state index in [0.717, 1.165) is 11.1 Å². The lowest BCUT2D eigenvalue weighted by Crippen LogP contribution is -2.20. The maximum absolute atomic E-state index is 11.9. The van der Waals surface area contributed by atoms with E-state index >= 15 is 0 Å². The maximum Gasteiger partial charge on any atom is 0.240 e. The van der Waals surface area contributed by atoms with Crippen LogP contribution in [0.5, 0.6) is 0 Å². The number of anilines is 1. The van der Waals surface area contributed by atoms with Crippen molar-refractivity contribution in [2.24, 2.45) is 5.10 Å². The number of nitrogens with zero attached hydrogens (tertiary/aromatic N) is 2. The molecule has 0 bridgehead atoms. The van der Waals surface area contributed by atoms with E-state index in [1.54, 1.807) is 36.7 Å². The van der Waals surface area contributed by atoms with Crippen LogP contribution >= 0.6 is 11.6 Å². The molecule has 0 aliphatic rings. The summed E-state index contributed by atoms with van der Waals surface area (Å²) in [6.45, 7) is 1.82. The van der Waals surface area contributed by atoms with E-state index in [0.29, 0.717) is 10.7 Å². The van der Waals surface area contributed by atoms with Crippen molar-refractivity contribution in [3.63, 3.8) is 0 Å². The van der Waals surface area contributed by atoms with Crippen LogP contribution in [0.1, 0.15) is 24.0 Å². The first-order valence-electron chi connectivity index (χ1n) is 7.33. The lowest BCUT2D eigenvalue weighted by molar-refractivity contribution is -0.124. The van der Waals surface area contributed by atoms with Crippen LogP contribution in [-0.2, 0) is 9.59 Å². The Kier molecular flexibility index (Phi) is 6.45. The second-order valence-corrected chi connectivity index (χ2v) is 5.45. The van der Waals surface area contributed by atoms with Crippen molar-refractivity contribution in [1.82, 2.24) is 10.4 Å². The number of hydrazone groups is 1. The number of benzene rings is 1. The zero-order valence-electron chi connectivity index (χ0n) is 13.1. The SMILES string of the molecule is Cc1c(Cl)cccc1NC(=O)CCC(=O)N/N=C\c1cccnc1. The first-order chi connectivity index (χ1) is 11.6. The largest absolute Gasteiger partial charge is 0.326 e. The van der Waals surface area contributed by atoms with E-state index < -0.39 is 0 Å². The molecule has 2 rings (SSSR count). The molecule has 1 heterocycles. The molecule has 0 radical (unpaired) electrons. The average Bonchev–Trinajstić information content (AvgIpc) is 2.58. The van der Waals surface area contributed by atoms with Gasteiger partial charge in [0.15, 0.2) is 0 Å². The van der Waals surface area contributed by atoms with Gasteiger partial charge in [-0.05, 0) is 30.7 Å². The summed E-state index contributed by atoms with van der Waals surface area (Å²) in [6.07, 6.45) is 4.85. The molecular formula is C17H17ClN4O2. The maximum atomic E-state index is 11.9. The quantitative estimate of drug-likeness (QED) is 0.624. The average molecular weight is 345 g/mol. The summed E-state index contributed by atoms with van der Waals surface area (Å²) < 4.78 is 0. The van der Waals surface area contributed by atoms with Gasteiger partial charge in [0.25, 0.3) is 0 Å². The zero-order chi connectivity index (χ0) is 17.4. The fourth-order valence-corrected chi connectivity index (χ4v) is 2.04. The highest BCUT2D eigenvalue weighted by atomic mass is 35.5. The van der Waals surface area contributed by atoms with Crippen molar-refractivity contribution in [1.29, 1.82) is 0 Å². The molecular weight excluding hydrogens is 328 g/mol. The fraction of sp³-hybridized carbons (Fsp3) is 0.176. The summed E-state index contributed by atoms with van der Waals surface area (Å²) >= 11 is 6.00. The van der Waals surface area contributed by atoms with Crippen molar-refractivity contribution in [3.8, 4) is 0 Å². The molecule has 0 fully saturated rings. The van der Waals surface area contributed by atoms with E-state index in [9.17, 15) is 9.59 Å². The van der Waals surface area contributed by atoms with Gasteiger partial charge in [-0.2, -0.15) is 5.10 Å². The Balaban J connectivity index is 1.76. The van der Waals surface area contributed by atoms with Crippen LogP contribution in [0.2, 0.25) is 5.02 Å². The van der Waals surface area contributed by atoms with E-state index in [1.807, 2.05) is 13.0 Å². The molecule has 0 spiro atoms. The van der Waals surface area contributed by atoms with Crippen molar-refractivity contribution in [2.75, 3.05) is 5.32 Å². The van der Waals surface area contributed by atoms with Crippen LogP contribution in [0.4, 0.5) is 5.69 Å². The lowest BCUT2D eigenvalue weighted by atomic mass is 10.2. The summed E-state index contributed by atoms with van der Waals surface area (Å²) in [6, 6.07) is 8.84. The van der Waals surface area contributed by atoms with Gasteiger partial charge in [-0.15, -0.1) is 0 Å². The number of halogens is 1. The standard InChI is InChI=1S/C17H17ClN4O2/c1-12-14(18)5-2-6-15(12)21-16(23)7-8-17(24)22-20-11-13-4-3-9-19-10-13/h2-6,9-11H,7-8H2,1H3,(H,21,23)(H,22,24)/b20-11-. The normalized spacial score (nSPS) is 10.6. The molecule has 0 unspecified atom stereocenters. The first-order valence-corrected chi connectivity index (χ1v) is 7.71. The highest BCUT2D eigenvalue weighted by molar-refractivity contribution is 6.31. The second-order valence-electron chi connectivity index (χ2n) is 5.04. The van der Waals surface area contributed by atoms with Gasteiger partial charge in [0.05, 0.1) is 6.21 Å². The Labute approximate surface area is 144 Å². The van der Waals surface area contributed by atoms with Gasteiger partial charge in [0.2, 0.25) is 11.8 Å². The Morgan fingerprint density at radius 1 is 1.21 bits per heavy atom. The molecule has 2 aromatic rings. The highest BCUT2D eigenvalue weighted by Crippen LogP contribution is 2.22. The van der Waals surface area contributed by atoms with Gasteiger partial charge in [0.1, 0.15) is 0 Å². The number of aromatic nitrogens is 1. The Morgan fingerprint density at radius 2 is 2.00 bits per heavy atom. The van der Waals surface area contributed by atoms with Crippen LogP contribution in [0.3, 0.4) is 0 Å². The minimum atomic E-state index is -0.340. The molecule has 1 aromatic carbocycles. The van der Waals surface area contributed by atoms with Gasteiger partial charge < -0.3 is 5.32 Å². The number of rotatable bonds is 6. The molecule has 6 nitrogen and oxygen atoms in total. The minimum absolute atomic E-state index is 0.0375. The smallest absolute Gasteiger partial charge is 0.240 e. The minimum Gasteiger partial charge on any atom is -0.326 e. The van der Waals surface area contributed by atoms with Crippen LogP contribution in [-0.4, -0.2) is 23.0 Å². The molecule has 1 aromatic heterocycles. The van der Waals surface area contributed by atoms with Gasteiger partial charge in [-0.25, -0.2) is 5.43 Å². The molecule has 2 N–H and O–H groups in total. The summed E-state index contributed by atoms with van der Waals surface area (Å²) in [7, 11) is 0. The summed E-state index contributed by atoms with van der Waals surface area (Å²) in [5.74, 6) is -0.597. The Morgan fingerprint density at radius 3 is 2.75 bits per heavy atom. The number of amides is 2. The lowest BCUT2D eigenvalue weighted by Gasteiger charge is -2.09. The molecule has 7 heteroatoms. The molecule has 0 saturated heterocycles. The number of hydrogen-bond acceptors (Lipinski definition) is 4. The van der Waals surface area contributed by atoms with Gasteiger partial charge in [-0.1, -0.05) is 23.7 Å². The first kappa shape index (κ1) is 17.6.